The van der Waals surface area contributed by atoms with Crippen molar-refractivity contribution in [3.8, 4) is 0 Å². The molecule has 0 spiro atoms. The second-order valence-corrected chi connectivity index (χ2v) is 11.4. The molecule has 0 radical (unpaired) electrons. The van der Waals surface area contributed by atoms with Gasteiger partial charge in [-0.05, 0) is 48.0 Å². The van der Waals surface area contributed by atoms with Crippen molar-refractivity contribution >= 4 is 16.9 Å². The zero-order chi connectivity index (χ0) is 31.0. The van der Waals surface area contributed by atoms with Gasteiger partial charge in [0.15, 0.2) is 6.29 Å². The van der Waals surface area contributed by atoms with Crippen LogP contribution in [-0.4, -0.2) is 57.1 Å². The second-order valence-electron chi connectivity index (χ2n) is 11.4. The maximum absolute atomic E-state index is 12.8. The first-order chi connectivity index (χ1) is 22.0. The minimum atomic E-state index is -0.549. The summed E-state index contributed by atoms with van der Waals surface area (Å²) in [5, 5.41) is 12.4. The first-order valence-corrected chi connectivity index (χ1v) is 15.2. The Bertz CT molecular complexity index is 1700. The molecule has 3 heterocycles. The third-order valence-corrected chi connectivity index (χ3v) is 7.99. The van der Waals surface area contributed by atoms with E-state index in [4.69, 9.17) is 9.47 Å². The fourth-order valence-electron chi connectivity index (χ4n) is 5.46. The predicted octanol–water partition coefficient (Wildman–Crippen LogP) is 5.17. The van der Waals surface area contributed by atoms with Crippen LogP contribution in [0, 0.1) is 0 Å². The van der Waals surface area contributed by atoms with Crippen molar-refractivity contribution in [2.75, 3.05) is 20.1 Å². The number of carbonyl (C=O) groups excluding carboxylic acids is 1. The van der Waals surface area contributed by atoms with Crippen LogP contribution in [0.3, 0.4) is 0 Å². The normalized spacial score (nSPS) is 18.2. The molecule has 0 bridgehead atoms. The van der Waals surface area contributed by atoms with Gasteiger partial charge in [0, 0.05) is 49.9 Å². The molecule has 5 aromatic rings. The summed E-state index contributed by atoms with van der Waals surface area (Å²) < 4.78 is 13.0. The van der Waals surface area contributed by atoms with Crippen LogP contribution in [0.25, 0.3) is 11.0 Å². The van der Waals surface area contributed by atoms with E-state index < -0.39 is 6.29 Å². The van der Waals surface area contributed by atoms with Crippen LogP contribution >= 0.6 is 0 Å². The molecule has 1 aliphatic heterocycles. The molecule has 2 N–H and O–H groups in total. The molecule has 9 nitrogen and oxygen atoms in total. The zero-order valence-electron chi connectivity index (χ0n) is 25.3. The van der Waals surface area contributed by atoms with Gasteiger partial charge in [-0.15, -0.1) is 0 Å². The lowest BCUT2D eigenvalue weighted by Crippen LogP contribution is -2.38. The van der Waals surface area contributed by atoms with Crippen LogP contribution in [0.4, 0.5) is 0 Å². The SMILES string of the molecule is CN(CCc1ccccn1)CC1CC(c2ccc(CO)cc2)OC(c2ccc(CNC(=O)c3cnc4ccccc4n3)cc2)O1. The van der Waals surface area contributed by atoms with E-state index in [9.17, 15) is 9.90 Å². The number of fused-ring (bicyclic) bond motifs is 1. The maximum atomic E-state index is 12.8. The van der Waals surface area contributed by atoms with Gasteiger partial charge in [0.25, 0.3) is 5.91 Å². The summed E-state index contributed by atoms with van der Waals surface area (Å²) >= 11 is 0. The summed E-state index contributed by atoms with van der Waals surface area (Å²) in [6.45, 7) is 1.97. The van der Waals surface area contributed by atoms with E-state index in [1.807, 2.05) is 97.2 Å². The second kappa shape index (κ2) is 14.5. The molecule has 1 saturated heterocycles. The Morgan fingerprint density at radius 1 is 0.889 bits per heavy atom. The Labute approximate surface area is 262 Å². The average Bonchev–Trinajstić information content (AvgIpc) is 3.10. The Hall–Kier alpha value is -4.54. The van der Waals surface area contributed by atoms with Crippen molar-refractivity contribution in [3.05, 3.63) is 137 Å². The van der Waals surface area contributed by atoms with Crippen LogP contribution in [0.1, 0.15) is 57.3 Å². The maximum Gasteiger partial charge on any atom is 0.271 e. The highest BCUT2D eigenvalue weighted by Gasteiger charge is 2.32. The number of hydrogen-bond acceptors (Lipinski definition) is 8. The molecule has 2 aromatic heterocycles. The molecular weight excluding hydrogens is 566 g/mol. The summed E-state index contributed by atoms with van der Waals surface area (Å²) in [6.07, 6.45) is 4.14. The lowest BCUT2D eigenvalue weighted by atomic mass is 9.99. The summed E-state index contributed by atoms with van der Waals surface area (Å²) in [7, 11) is 2.11. The summed E-state index contributed by atoms with van der Waals surface area (Å²) in [5.41, 5.74) is 6.55. The molecule has 3 unspecified atom stereocenters. The fraction of sp³-hybridized carbons (Fsp3) is 0.278. The molecule has 1 amide bonds. The number of para-hydroxylation sites is 2. The van der Waals surface area contributed by atoms with Gasteiger partial charge in [-0.3, -0.25) is 14.8 Å². The van der Waals surface area contributed by atoms with Crippen molar-refractivity contribution in [1.29, 1.82) is 0 Å². The minimum absolute atomic E-state index is 0.00366. The smallest absolute Gasteiger partial charge is 0.271 e. The zero-order valence-corrected chi connectivity index (χ0v) is 25.3. The number of nitrogens with zero attached hydrogens (tertiary/aromatic N) is 4. The summed E-state index contributed by atoms with van der Waals surface area (Å²) in [4.78, 5) is 28.3. The number of aliphatic hydroxyl groups excluding tert-OH is 1. The number of rotatable bonds is 11. The number of pyridine rings is 1. The average molecular weight is 604 g/mol. The lowest BCUT2D eigenvalue weighted by molar-refractivity contribution is -0.252. The largest absolute Gasteiger partial charge is 0.392 e. The Balaban J connectivity index is 1.11. The van der Waals surface area contributed by atoms with Crippen LogP contribution in [0.15, 0.2) is 103 Å². The molecule has 230 valence electrons. The van der Waals surface area contributed by atoms with Gasteiger partial charge in [0.05, 0.1) is 36.0 Å². The molecule has 6 rings (SSSR count). The number of aromatic nitrogens is 3. The summed E-state index contributed by atoms with van der Waals surface area (Å²) in [5.74, 6) is -0.277. The Morgan fingerprint density at radius 3 is 2.38 bits per heavy atom. The van der Waals surface area contributed by atoms with Gasteiger partial charge in [-0.25, -0.2) is 4.98 Å². The monoisotopic (exact) mass is 603 g/mol. The Morgan fingerprint density at radius 2 is 1.62 bits per heavy atom. The highest BCUT2D eigenvalue weighted by Crippen LogP contribution is 2.38. The lowest BCUT2D eigenvalue weighted by Gasteiger charge is -2.38. The van der Waals surface area contributed by atoms with E-state index in [-0.39, 0.29) is 30.4 Å². The first kappa shape index (κ1) is 30.5. The third kappa shape index (κ3) is 7.95. The Kier molecular flexibility index (Phi) is 9.82. The van der Waals surface area contributed by atoms with Gasteiger partial charge >= 0.3 is 0 Å². The van der Waals surface area contributed by atoms with E-state index in [1.165, 1.54) is 6.20 Å². The standard InChI is InChI=1S/C36H37N5O4/c1-41(19-17-29-6-4-5-18-37-29)23-30-20-34(27-13-11-26(24-42)12-14-27)45-36(44-30)28-15-9-25(10-16-28)21-39-35(43)33-22-38-31-7-2-3-8-32(31)40-33/h2-16,18,22,30,34,36,42H,17,19-21,23-24H2,1H3,(H,39,43). The topological polar surface area (TPSA) is 110 Å². The van der Waals surface area contributed by atoms with Crippen molar-refractivity contribution in [2.45, 2.75) is 44.5 Å². The molecule has 0 aliphatic carbocycles. The summed E-state index contributed by atoms with van der Waals surface area (Å²) in [6, 6.07) is 29.3. The van der Waals surface area contributed by atoms with E-state index in [2.05, 4.69) is 32.2 Å². The molecule has 1 fully saturated rings. The number of nitrogens with one attached hydrogen (secondary N) is 1. The number of likely N-dealkylation sites (N-methyl/N-ethyl adjacent to an activating group) is 1. The third-order valence-electron chi connectivity index (χ3n) is 7.99. The van der Waals surface area contributed by atoms with Crippen molar-refractivity contribution in [2.24, 2.45) is 0 Å². The number of amides is 1. The van der Waals surface area contributed by atoms with Gasteiger partial charge < -0.3 is 24.8 Å². The van der Waals surface area contributed by atoms with Gasteiger partial charge in [0.2, 0.25) is 0 Å². The number of aliphatic hydroxyl groups is 1. The van der Waals surface area contributed by atoms with E-state index in [0.717, 1.165) is 53.0 Å². The molecular formula is C36H37N5O4. The molecule has 9 heteroatoms. The number of ether oxygens (including phenoxy) is 2. The quantitative estimate of drug-likeness (QED) is 0.213. The van der Waals surface area contributed by atoms with Crippen molar-refractivity contribution in [3.63, 3.8) is 0 Å². The molecule has 3 atom stereocenters. The van der Waals surface area contributed by atoms with E-state index >= 15 is 0 Å². The van der Waals surface area contributed by atoms with Crippen LogP contribution < -0.4 is 5.32 Å². The van der Waals surface area contributed by atoms with E-state index in [0.29, 0.717) is 18.5 Å². The van der Waals surface area contributed by atoms with Gasteiger partial charge in [-0.2, -0.15) is 0 Å². The van der Waals surface area contributed by atoms with Crippen LogP contribution in [0.5, 0.6) is 0 Å². The van der Waals surface area contributed by atoms with Gasteiger partial charge in [0.1, 0.15) is 5.69 Å². The van der Waals surface area contributed by atoms with Gasteiger partial charge in [-0.1, -0.05) is 66.7 Å². The molecule has 0 saturated carbocycles. The number of benzene rings is 3. The van der Waals surface area contributed by atoms with Crippen molar-refractivity contribution in [1.82, 2.24) is 25.2 Å². The van der Waals surface area contributed by atoms with Crippen LogP contribution in [-0.2, 0) is 29.0 Å². The highest BCUT2D eigenvalue weighted by atomic mass is 16.7. The minimum Gasteiger partial charge on any atom is -0.392 e. The van der Waals surface area contributed by atoms with Crippen LogP contribution in [0.2, 0.25) is 0 Å². The highest BCUT2D eigenvalue weighted by molar-refractivity contribution is 5.93. The molecule has 1 aliphatic rings. The molecule has 45 heavy (non-hydrogen) atoms. The molecule has 3 aromatic carbocycles. The first-order valence-electron chi connectivity index (χ1n) is 15.2. The number of hydrogen-bond donors (Lipinski definition) is 2. The van der Waals surface area contributed by atoms with Crippen molar-refractivity contribution < 1.29 is 19.4 Å². The fourth-order valence-corrected chi connectivity index (χ4v) is 5.46. The number of carbonyl (C=O) groups is 1. The predicted molar refractivity (Wildman–Crippen MR) is 171 cm³/mol. The van der Waals surface area contributed by atoms with E-state index in [1.54, 1.807) is 0 Å².